The first-order chi connectivity index (χ1) is 17.0. The first-order valence-electron chi connectivity index (χ1n) is 12.2. The molecule has 0 aromatic heterocycles. The number of morpholine rings is 1. The van der Waals surface area contributed by atoms with Crippen LogP contribution in [0.4, 0.5) is 5.69 Å². The van der Waals surface area contributed by atoms with Crippen molar-refractivity contribution in [2.75, 3.05) is 37.6 Å². The van der Waals surface area contributed by atoms with Crippen molar-refractivity contribution >= 4 is 46.8 Å². The molecule has 2 saturated heterocycles. The Bertz CT molecular complexity index is 1130. The van der Waals surface area contributed by atoms with Crippen molar-refractivity contribution in [3.8, 4) is 0 Å². The van der Waals surface area contributed by atoms with E-state index >= 15 is 0 Å². The fourth-order valence-electron chi connectivity index (χ4n) is 5.24. The zero-order valence-corrected chi connectivity index (χ0v) is 21.0. The lowest BCUT2D eigenvalue weighted by Gasteiger charge is -2.45. The highest BCUT2D eigenvalue weighted by Crippen LogP contribution is 2.33. The molecule has 1 saturated carbocycles. The number of fused-ring (bicyclic) bond motifs is 1. The van der Waals surface area contributed by atoms with E-state index in [1.807, 2.05) is 41.3 Å². The highest BCUT2D eigenvalue weighted by molar-refractivity contribution is 6.31. The second-order valence-electron chi connectivity index (χ2n) is 9.35. The number of rotatable bonds is 4. The minimum atomic E-state index is -0.223. The molecule has 2 heterocycles. The third-order valence-corrected chi connectivity index (χ3v) is 7.55. The van der Waals surface area contributed by atoms with Crippen molar-refractivity contribution in [2.45, 2.75) is 37.8 Å². The maximum atomic E-state index is 13.5. The molecule has 0 bridgehead atoms. The molecule has 3 aliphatic rings. The summed E-state index contributed by atoms with van der Waals surface area (Å²) in [5, 5.41) is 1.30. The highest BCUT2D eigenvalue weighted by atomic mass is 35.5. The summed E-state index contributed by atoms with van der Waals surface area (Å²) in [4.78, 5) is 32.6. The second-order valence-corrected chi connectivity index (χ2v) is 10.2. The standard InChI is InChI=1S/C27H29Cl2N3O3/c28-20-6-3-5-19(15-20)16-25-27(34)32(23-9-1-2-10-24(23)35-25)18-26(33)31-13-11-30(12-14-31)22-8-4-7-21(29)17-22/h3-8,15-17,23-24H,1-2,9-14,18H2/b25-16+. The first-order valence-corrected chi connectivity index (χ1v) is 13.0. The van der Waals surface area contributed by atoms with Crippen molar-refractivity contribution in [3.05, 3.63) is 69.9 Å². The molecule has 184 valence electrons. The number of benzene rings is 2. The molecule has 0 radical (unpaired) electrons. The van der Waals surface area contributed by atoms with Gasteiger partial charge in [-0.15, -0.1) is 0 Å². The summed E-state index contributed by atoms with van der Waals surface area (Å²) in [6.07, 6.45) is 5.49. The van der Waals surface area contributed by atoms with Gasteiger partial charge in [0.25, 0.3) is 5.91 Å². The molecular weight excluding hydrogens is 485 g/mol. The van der Waals surface area contributed by atoms with E-state index in [-0.39, 0.29) is 36.3 Å². The Hall–Kier alpha value is -2.70. The van der Waals surface area contributed by atoms with Crippen molar-refractivity contribution < 1.29 is 14.3 Å². The third kappa shape index (κ3) is 5.44. The van der Waals surface area contributed by atoms with Gasteiger partial charge < -0.3 is 19.4 Å². The van der Waals surface area contributed by atoms with Gasteiger partial charge in [-0.1, -0.05) is 47.8 Å². The molecule has 2 aliphatic heterocycles. The largest absolute Gasteiger partial charge is 0.482 e. The quantitative estimate of drug-likeness (QED) is 0.548. The van der Waals surface area contributed by atoms with Crippen molar-refractivity contribution in [2.24, 2.45) is 0 Å². The van der Waals surface area contributed by atoms with Crippen LogP contribution >= 0.6 is 23.2 Å². The first kappa shape index (κ1) is 24.0. The molecular formula is C27H29Cl2N3O3. The van der Waals surface area contributed by atoms with E-state index in [0.717, 1.165) is 50.0 Å². The number of ether oxygens (including phenoxy) is 1. The summed E-state index contributed by atoms with van der Waals surface area (Å²) in [5.74, 6) is 0.0467. The normalized spacial score (nSPS) is 23.8. The molecule has 6 nitrogen and oxygen atoms in total. The lowest BCUT2D eigenvalue weighted by molar-refractivity contribution is -0.154. The van der Waals surface area contributed by atoms with Crippen LogP contribution in [0.2, 0.25) is 10.0 Å². The summed E-state index contributed by atoms with van der Waals surface area (Å²) in [6.45, 7) is 2.77. The number of hydrogen-bond donors (Lipinski definition) is 0. The van der Waals surface area contributed by atoms with Gasteiger partial charge in [0.15, 0.2) is 5.76 Å². The molecule has 2 atom stereocenters. The molecule has 1 aliphatic carbocycles. The van der Waals surface area contributed by atoms with Gasteiger partial charge in [0, 0.05) is 41.9 Å². The van der Waals surface area contributed by atoms with E-state index in [1.165, 1.54) is 0 Å². The number of piperazine rings is 1. The molecule has 2 amide bonds. The summed E-state index contributed by atoms with van der Waals surface area (Å²) in [6, 6.07) is 15.0. The fourth-order valence-corrected chi connectivity index (χ4v) is 5.63. The SMILES string of the molecule is O=C(CN1C(=O)/C(=C\c2cccc(Cl)c2)OC2CCCCC21)N1CCN(c2cccc(Cl)c2)CC1. The van der Waals surface area contributed by atoms with Crippen LogP contribution in [0.1, 0.15) is 31.2 Å². The third-order valence-electron chi connectivity index (χ3n) is 7.08. The maximum Gasteiger partial charge on any atom is 0.289 e. The van der Waals surface area contributed by atoms with Gasteiger partial charge in [-0.05, 0) is 61.2 Å². The van der Waals surface area contributed by atoms with Gasteiger partial charge in [0.05, 0.1) is 6.04 Å². The molecule has 2 aromatic rings. The van der Waals surface area contributed by atoms with Crippen LogP contribution in [0.15, 0.2) is 54.3 Å². The van der Waals surface area contributed by atoms with Crippen molar-refractivity contribution in [3.63, 3.8) is 0 Å². The Labute approximate surface area is 216 Å². The topological polar surface area (TPSA) is 53.1 Å². The van der Waals surface area contributed by atoms with Crippen LogP contribution in [0.5, 0.6) is 0 Å². The van der Waals surface area contributed by atoms with Crippen molar-refractivity contribution in [1.82, 2.24) is 9.80 Å². The molecule has 3 fully saturated rings. The minimum Gasteiger partial charge on any atom is -0.482 e. The second kappa shape index (κ2) is 10.5. The summed E-state index contributed by atoms with van der Waals surface area (Å²) >= 11 is 12.3. The van der Waals surface area contributed by atoms with Crippen LogP contribution in [-0.4, -0.2) is 66.5 Å². The Kier molecular flexibility index (Phi) is 7.21. The van der Waals surface area contributed by atoms with E-state index in [9.17, 15) is 9.59 Å². The highest BCUT2D eigenvalue weighted by Gasteiger charge is 2.42. The summed E-state index contributed by atoms with van der Waals surface area (Å²) in [7, 11) is 0. The van der Waals surface area contributed by atoms with Crippen LogP contribution in [-0.2, 0) is 14.3 Å². The van der Waals surface area contributed by atoms with E-state index in [1.54, 1.807) is 23.1 Å². The van der Waals surface area contributed by atoms with E-state index < -0.39 is 0 Å². The summed E-state index contributed by atoms with van der Waals surface area (Å²) in [5.41, 5.74) is 1.87. The van der Waals surface area contributed by atoms with Gasteiger partial charge in [-0.25, -0.2) is 0 Å². The van der Waals surface area contributed by atoms with Gasteiger partial charge in [0.1, 0.15) is 12.6 Å². The molecule has 0 spiro atoms. The number of halogens is 2. The summed E-state index contributed by atoms with van der Waals surface area (Å²) < 4.78 is 6.16. The van der Waals surface area contributed by atoms with Crippen molar-refractivity contribution in [1.29, 1.82) is 0 Å². The van der Waals surface area contributed by atoms with Gasteiger partial charge in [0.2, 0.25) is 5.91 Å². The monoisotopic (exact) mass is 513 g/mol. The fraction of sp³-hybridized carbons (Fsp3) is 0.407. The van der Waals surface area contributed by atoms with E-state index in [0.29, 0.717) is 23.1 Å². The Morgan fingerprint density at radius 2 is 1.69 bits per heavy atom. The molecule has 8 heteroatoms. The lowest BCUT2D eigenvalue weighted by atomic mass is 9.89. The molecule has 2 unspecified atom stereocenters. The number of anilines is 1. The van der Waals surface area contributed by atoms with Crippen LogP contribution in [0, 0.1) is 0 Å². The van der Waals surface area contributed by atoms with Crippen LogP contribution in [0.3, 0.4) is 0 Å². The number of carbonyl (C=O) groups excluding carboxylic acids is 2. The van der Waals surface area contributed by atoms with Gasteiger partial charge in [-0.3, -0.25) is 9.59 Å². The predicted octanol–water partition coefficient (Wildman–Crippen LogP) is 4.85. The number of carbonyl (C=O) groups is 2. The van der Waals surface area contributed by atoms with E-state index in [4.69, 9.17) is 27.9 Å². The average molecular weight is 514 g/mol. The van der Waals surface area contributed by atoms with Gasteiger partial charge >= 0.3 is 0 Å². The maximum absolute atomic E-state index is 13.5. The Balaban J connectivity index is 1.28. The average Bonchev–Trinajstić information content (AvgIpc) is 2.86. The van der Waals surface area contributed by atoms with Crippen LogP contribution < -0.4 is 4.90 Å². The molecule has 2 aromatic carbocycles. The molecule has 35 heavy (non-hydrogen) atoms. The van der Waals surface area contributed by atoms with E-state index in [2.05, 4.69) is 4.90 Å². The zero-order chi connectivity index (χ0) is 24.4. The van der Waals surface area contributed by atoms with Gasteiger partial charge in [-0.2, -0.15) is 0 Å². The number of hydrogen-bond acceptors (Lipinski definition) is 4. The predicted molar refractivity (Wildman–Crippen MR) is 139 cm³/mol. The zero-order valence-electron chi connectivity index (χ0n) is 19.5. The van der Waals surface area contributed by atoms with Crippen LogP contribution in [0.25, 0.3) is 6.08 Å². The Morgan fingerprint density at radius 1 is 0.971 bits per heavy atom. The number of nitrogens with zero attached hydrogens (tertiary/aromatic N) is 3. The molecule has 0 N–H and O–H groups in total. The smallest absolute Gasteiger partial charge is 0.289 e. The Morgan fingerprint density at radius 3 is 2.43 bits per heavy atom. The number of amides is 2. The minimum absolute atomic E-state index is 0.0163. The lowest BCUT2D eigenvalue weighted by Crippen LogP contribution is -2.58. The molecule has 5 rings (SSSR count).